The second kappa shape index (κ2) is 3.72. The third-order valence-corrected chi connectivity index (χ3v) is 2.04. The predicted molar refractivity (Wildman–Crippen MR) is 47.8 cm³/mol. The molecule has 12 heavy (non-hydrogen) atoms. The number of nitrogens with zero attached hydrogens (tertiary/aromatic N) is 1. The lowest BCUT2D eigenvalue weighted by Gasteiger charge is -2.01. The average molecular weight is 168 g/mol. The van der Waals surface area contributed by atoms with E-state index < -0.39 is 0 Å². The third-order valence-electron chi connectivity index (χ3n) is 2.04. The van der Waals surface area contributed by atoms with Crippen molar-refractivity contribution in [2.45, 2.75) is 39.2 Å². The van der Waals surface area contributed by atoms with E-state index in [1.807, 2.05) is 6.92 Å². The molecule has 1 aromatic rings. The van der Waals surface area contributed by atoms with E-state index in [2.05, 4.69) is 18.8 Å². The zero-order valence-corrected chi connectivity index (χ0v) is 7.87. The van der Waals surface area contributed by atoms with E-state index in [1.54, 1.807) is 6.26 Å². The Morgan fingerprint density at radius 3 is 2.67 bits per heavy atom. The van der Waals surface area contributed by atoms with Crippen molar-refractivity contribution in [3.8, 4) is 0 Å². The molecule has 0 radical (unpaired) electrons. The van der Waals surface area contributed by atoms with Crippen molar-refractivity contribution < 1.29 is 4.42 Å². The van der Waals surface area contributed by atoms with Crippen molar-refractivity contribution in [2.75, 3.05) is 0 Å². The average Bonchev–Trinajstić information content (AvgIpc) is 2.51. The first-order chi connectivity index (χ1) is 5.65. The van der Waals surface area contributed by atoms with Crippen molar-refractivity contribution >= 4 is 0 Å². The molecule has 1 heterocycles. The minimum absolute atomic E-state index is 0.0356. The molecule has 2 N–H and O–H groups in total. The Bertz CT molecular complexity index is 242. The number of hydrogen-bond acceptors (Lipinski definition) is 3. The molecule has 3 nitrogen and oxygen atoms in total. The fourth-order valence-electron chi connectivity index (χ4n) is 0.911. The summed E-state index contributed by atoms with van der Waals surface area (Å²) in [5.74, 6) is 1.18. The molecule has 1 aromatic heterocycles. The first-order valence-corrected chi connectivity index (χ1v) is 4.36. The standard InChI is InChI=1S/C9H16N2O/c1-4-6(2)9-11-8(5-12-9)7(3)10/h5-7H,4,10H2,1-3H3. The lowest BCUT2D eigenvalue weighted by Crippen LogP contribution is -2.05. The van der Waals surface area contributed by atoms with Gasteiger partial charge in [-0.3, -0.25) is 0 Å². The van der Waals surface area contributed by atoms with Crippen molar-refractivity contribution in [3.63, 3.8) is 0 Å². The van der Waals surface area contributed by atoms with Crippen LogP contribution in [0.15, 0.2) is 10.7 Å². The van der Waals surface area contributed by atoms with Crippen LogP contribution < -0.4 is 5.73 Å². The largest absolute Gasteiger partial charge is 0.448 e. The maximum absolute atomic E-state index is 5.65. The summed E-state index contributed by atoms with van der Waals surface area (Å²) >= 11 is 0. The first-order valence-electron chi connectivity index (χ1n) is 4.36. The lowest BCUT2D eigenvalue weighted by atomic mass is 10.1. The first kappa shape index (κ1) is 9.26. The van der Waals surface area contributed by atoms with E-state index >= 15 is 0 Å². The molecule has 0 aliphatic carbocycles. The van der Waals surface area contributed by atoms with E-state index in [0.717, 1.165) is 18.0 Å². The summed E-state index contributed by atoms with van der Waals surface area (Å²) in [6.07, 6.45) is 2.69. The van der Waals surface area contributed by atoms with Crippen molar-refractivity contribution in [2.24, 2.45) is 5.73 Å². The second-order valence-corrected chi connectivity index (χ2v) is 3.21. The van der Waals surface area contributed by atoms with Gasteiger partial charge in [0.2, 0.25) is 0 Å². The molecule has 1 rings (SSSR count). The minimum Gasteiger partial charge on any atom is -0.448 e. The predicted octanol–water partition coefficient (Wildman–Crippen LogP) is 2.21. The summed E-state index contributed by atoms with van der Waals surface area (Å²) in [6.45, 7) is 6.11. The van der Waals surface area contributed by atoms with Crippen LogP contribution in [0.2, 0.25) is 0 Å². The molecule has 2 unspecified atom stereocenters. The molecule has 0 aromatic carbocycles. The molecule has 0 aliphatic heterocycles. The lowest BCUT2D eigenvalue weighted by molar-refractivity contribution is 0.452. The molecule has 68 valence electrons. The quantitative estimate of drug-likeness (QED) is 0.752. The van der Waals surface area contributed by atoms with Gasteiger partial charge in [-0.1, -0.05) is 13.8 Å². The molecule has 3 heteroatoms. The van der Waals surface area contributed by atoms with Crippen molar-refractivity contribution in [3.05, 3.63) is 17.8 Å². The monoisotopic (exact) mass is 168 g/mol. The summed E-state index contributed by atoms with van der Waals surface area (Å²) in [5, 5.41) is 0. The van der Waals surface area contributed by atoms with E-state index in [1.165, 1.54) is 0 Å². The summed E-state index contributed by atoms with van der Waals surface area (Å²) in [7, 11) is 0. The van der Waals surface area contributed by atoms with Crippen molar-refractivity contribution in [1.29, 1.82) is 0 Å². The molecule has 0 saturated heterocycles. The Labute approximate surface area is 73.0 Å². The number of aromatic nitrogens is 1. The highest BCUT2D eigenvalue weighted by atomic mass is 16.3. The van der Waals surface area contributed by atoms with Crippen LogP contribution in [0.3, 0.4) is 0 Å². The minimum atomic E-state index is -0.0356. The summed E-state index contributed by atoms with van der Waals surface area (Å²) in [4.78, 5) is 4.29. The van der Waals surface area contributed by atoms with Gasteiger partial charge < -0.3 is 10.2 Å². The van der Waals surface area contributed by atoms with Crippen LogP contribution >= 0.6 is 0 Å². The zero-order valence-electron chi connectivity index (χ0n) is 7.87. The maximum atomic E-state index is 5.65. The van der Waals surface area contributed by atoms with Gasteiger partial charge in [0.15, 0.2) is 5.89 Å². The van der Waals surface area contributed by atoms with Gasteiger partial charge in [0, 0.05) is 12.0 Å². The van der Waals surface area contributed by atoms with Gasteiger partial charge in [-0.2, -0.15) is 0 Å². The van der Waals surface area contributed by atoms with E-state index in [4.69, 9.17) is 10.2 Å². The van der Waals surface area contributed by atoms with Crippen LogP contribution in [-0.4, -0.2) is 4.98 Å². The van der Waals surface area contributed by atoms with Crippen LogP contribution in [0.4, 0.5) is 0 Å². The molecule has 0 aliphatic rings. The fraction of sp³-hybridized carbons (Fsp3) is 0.667. The summed E-state index contributed by atoms with van der Waals surface area (Å²) in [6, 6.07) is -0.0356. The Morgan fingerprint density at radius 1 is 1.58 bits per heavy atom. The summed E-state index contributed by atoms with van der Waals surface area (Å²) < 4.78 is 5.29. The summed E-state index contributed by atoms with van der Waals surface area (Å²) in [5.41, 5.74) is 6.48. The smallest absolute Gasteiger partial charge is 0.197 e. The molecular weight excluding hydrogens is 152 g/mol. The van der Waals surface area contributed by atoms with Crippen LogP contribution in [0.25, 0.3) is 0 Å². The van der Waals surface area contributed by atoms with Crippen LogP contribution in [0, 0.1) is 0 Å². The van der Waals surface area contributed by atoms with Gasteiger partial charge >= 0.3 is 0 Å². The van der Waals surface area contributed by atoms with E-state index in [-0.39, 0.29) is 6.04 Å². The number of nitrogens with two attached hydrogens (primary N) is 1. The number of oxazole rings is 1. The van der Waals surface area contributed by atoms with Crippen LogP contribution in [0.5, 0.6) is 0 Å². The zero-order chi connectivity index (χ0) is 9.14. The van der Waals surface area contributed by atoms with Gasteiger partial charge in [0.05, 0.1) is 5.69 Å². The normalized spacial score (nSPS) is 16.0. The highest BCUT2D eigenvalue weighted by molar-refractivity contribution is 5.03. The molecule has 2 atom stereocenters. The van der Waals surface area contributed by atoms with Crippen molar-refractivity contribution in [1.82, 2.24) is 4.98 Å². The Morgan fingerprint density at radius 2 is 2.25 bits per heavy atom. The van der Waals surface area contributed by atoms with Gasteiger partial charge in [-0.05, 0) is 13.3 Å². The van der Waals surface area contributed by atoms with Gasteiger partial charge in [-0.25, -0.2) is 4.98 Å². The number of rotatable bonds is 3. The molecular formula is C9H16N2O. The topological polar surface area (TPSA) is 52.0 Å². The highest BCUT2D eigenvalue weighted by Gasteiger charge is 2.11. The molecule has 0 bridgehead atoms. The second-order valence-electron chi connectivity index (χ2n) is 3.21. The Kier molecular flexibility index (Phi) is 2.87. The maximum Gasteiger partial charge on any atom is 0.197 e. The van der Waals surface area contributed by atoms with Crippen LogP contribution in [0.1, 0.15) is 50.7 Å². The third kappa shape index (κ3) is 1.85. The Hall–Kier alpha value is -0.830. The highest BCUT2D eigenvalue weighted by Crippen LogP contribution is 2.19. The van der Waals surface area contributed by atoms with E-state index in [9.17, 15) is 0 Å². The van der Waals surface area contributed by atoms with Crippen LogP contribution in [-0.2, 0) is 0 Å². The van der Waals surface area contributed by atoms with Gasteiger partial charge in [0.25, 0.3) is 0 Å². The molecule has 0 saturated carbocycles. The number of hydrogen-bond donors (Lipinski definition) is 1. The van der Waals surface area contributed by atoms with Gasteiger partial charge in [-0.15, -0.1) is 0 Å². The fourth-order valence-corrected chi connectivity index (χ4v) is 0.911. The molecule has 0 amide bonds. The molecule has 0 fully saturated rings. The SMILES string of the molecule is CCC(C)c1nc(C(C)N)co1. The van der Waals surface area contributed by atoms with Gasteiger partial charge in [0.1, 0.15) is 6.26 Å². The Balaban J connectivity index is 2.77. The van der Waals surface area contributed by atoms with E-state index in [0.29, 0.717) is 5.92 Å². The molecule has 0 spiro atoms.